The SMILES string of the molecule is O=C(CN1CCN(c2ccc(F)c(F)c2)C1=O)N1CCN(c2cccc(C(F)(F)F)c2)CC1. The highest BCUT2D eigenvalue weighted by molar-refractivity contribution is 5.96. The van der Waals surface area contributed by atoms with Crippen molar-refractivity contribution < 1.29 is 31.5 Å². The van der Waals surface area contributed by atoms with Crippen molar-refractivity contribution in [3.63, 3.8) is 0 Å². The minimum Gasteiger partial charge on any atom is -0.368 e. The lowest BCUT2D eigenvalue weighted by Gasteiger charge is -2.37. The summed E-state index contributed by atoms with van der Waals surface area (Å²) in [6.45, 7) is 1.68. The highest BCUT2D eigenvalue weighted by atomic mass is 19.4. The third-order valence-corrected chi connectivity index (χ3v) is 5.81. The average molecular weight is 468 g/mol. The number of carbonyl (C=O) groups excluding carboxylic acids is 2. The largest absolute Gasteiger partial charge is 0.416 e. The highest BCUT2D eigenvalue weighted by Crippen LogP contribution is 2.32. The lowest BCUT2D eigenvalue weighted by atomic mass is 10.1. The highest BCUT2D eigenvalue weighted by Gasteiger charge is 2.34. The molecule has 0 N–H and O–H groups in total. The Kier molecular flexibility index (Phi) is 6.13. The number of alkyl halides is 3. The first-order valence-corrected chi connectivity index (χ1v) is 10.3. The van der Waals surface area contributed by atoms with E-state index in [4.69, 9.17) is 0 Å². The van der Waals surface area contributed by atoms with Crippen molar-refractivity contribution in [3.05, 3.63) is 59.7 Å². The summed E-state index contributed by atoms with van der Waals surface area (Å²) in [6.07, 6.45) is -4.43. The molecule has 2 aromatic carbocycles. The number of carbonyl (C=O) groups is 2. The first kappa shape index (κ1) is 22.8. The smallest absolute Gasteiger partial charge is 0.368 e. The fourth-order valence-electron chi connectivity index (χ4n) is 3.98. The molecule has 0 spiro atoms. The first-order valence-electron chi connectivity index (χ1n) is 10.3. The summed E-state index contributed by atoms with van der Waals surface area (Å²) in [7, 11) is 0. The zero-order chi connectivity index (χ0) is 23.8. The molecule has 2 aliphatic rings. The van der Waals surface area contributed by atoms with Crippen LogP contribution in [-0.2, 0) is 11.0 Å². The molecular weight excluding hydrogens is 447 g/mol. The second-order valence-electron chi connectivity index (χ2n) is 7.87. The second kappa shape index (κ2) is 8.87. The molecular formula is C22H21F5N4O2. The van der Waals surface area contributed by atoms with Crippen LogP contribution < -0.4 is 9.80 Å². The number of piperazine rings is 1. The normalized spacial score (nSPS) is 17.2. The summed E-state index contributed by atoms with van der Waals surface area (Å²) < 4.78 is 65.5. The van der Waals surface area contributed by atoms with E-state index in [-0.39, 0.29) is 31.2 Å². The van der Waals surface area contributed by atoms with Gasteiger partial charge in [-0.15, -0.1) is 0 Å². The monoisotopic (exact) mass is 468 g/mol. The van der Waals surface area contributed by atoms with Gasteiger partial charge < -0.3 is 14.7 Å². The van der Waals surface area contributed by atoms with Crippen molar-refractivity contribution >= 4 is 23.3 Å². The molecule has 2 heterocycles. The minimum atomic E-state index is -4.43. The zero-order valence-corrected chi connectivity index (χ0v) is 17.5. The van der Waals surface area contributed by atoms with Gasteiger partial charge >= 0.3 is 12.2 Å². The predicted molar refractivity (Wildman–Crippen MR) is 111 cm³/mol. The Labute approximate surface area is 186 Å². The molecule has 0 radical (unpaired) electrons. The van der Waals surface area contributed by atoms with Crippen LogP contribution >= 0.6 is 0 Å². The number of anilines is 2. The topological polar surface area (TPSA) is 47.1 Å². The van der Waals surface area contributed by atoms with Gasteiger partial charge in [-0.3, -0.25) is 9.69 Å². The summed E-state index contributed by atoms with van der Waals surface area (Å²) >= 11 is 0. The van der Waals surface area contributed by atoms with E-state index in [1.165, 1.54) is 21.9 Å². The summed E-state index contributed by atoms with van der Waals surface area (Å²) in [6, 6.07) is 7.76. The lowest BCUT2D eigenvalue weighted by Crippen LogP contribution is -2.51. The van der Waals surface area contributed by atoms with E-state index in [1.54, 1.807) is 15.9 Å². The van der Waals surface area contributed by atoms with Crippen LogP contribution in [0.1, 0.15) is 5.56 Å². The zero-order valence-electron chi connectivity index (χ0n) is 17.5. The number of halogens is 5. The second-order valence-corrected chi connectivity index (χ2v) is 7.87. The van der Waals surface area contributed by atoms with E-state index in [1.807, 2.05) is 0 Å². The number of nitrogens with zero attached hydrogens (tertiary/aromatic N) is 4. The molecule has 2 fully saturated rings. The van der Waals surface area contributed by atoms with Gasteiger partial charge in [0, 0.05) is 56.7 Å². The number of benzene rings is 2. The molecule has 33 heavy (non-hydrogen) atoms. The molecule has 3 amide bonds. The number of urea groups is 1. The van der Waals surface area contributed by atoms with E-state index in [2.05, 4.69) is 0 Å². The van der Waals surface area contributed by atoms with Crippen LogP contribution in [0.4, 0.5) is 38.1 Å². The van der Waals surface area contributed by atoms with E-state index >= 15 is 0 Å². The summed E-state index contributed by atoms with van der Waals surface area (Å²) in [4.78, 5) is 31.3. The molecule has 0 saturated carbocycles. The van der Waals surface area contributed by atoms with Crippen molar-refractivity contribution in [2.75, 3.05) is 55.6 Å². The molecule has 0 bridgehead atoms. The Hall–Kier alpha value is -3.37. The maximum Gasteiger partial charge on any atom is 0.416 e. The van der Waals surface area contributed by atoms with Crippen LogP contribution in [0.25, 0.3) is 0 Å². The number of hydrogen-bond donors (Lipinski definition) is 0. The van der Waals surface area contributed by atoms with Gasteiger partial charge in [0.2, 0.25) is 5.91 Å². The third-order valence-electron chi connectivity index (χ3n) is 5.81. The molecule has 0 aliphatic carbocycles. The Balaban J connectivity index is 1.32. The van der Waals surface area contributed by atoms with Crippen molar-refractivity contribution in [2.24, 2.45) is 0 Å². The fraction of sp³-hybridized carbons (Fsp3) is 0.364. The molecule has 0 unspecified atom stereocenters. The van der Waals surface area contributed by atoms with Gasteiger partial charge in [0.1, 0.15) is 6.54 Å². The van der Waals surface area contributed by atoms with Crippen LogP contribution in [0, 0.1) is 11.6 Å². The number of amides is 3. The standard InChI is InChI=1S/C22H21F5N4O2/c23-18-5-4-17(13-19(18)24)31-11-10-30(21(31)33)14-20(32)29-8-6-28(7-9-29)16-3-1-2-15(12-16)22(25,26)27/h1-5,12-13H,6-11,14H2. The van der Waals surface area contributed by atoms with Crippen LogP contribution in [-0.4, -0.2) is 67.6 Å². The predicted octanol–water partition coefficient (Wildman–Crippen LogP) is 3.57. The molecule has 2 saturated heterocycles. The molecule has 0 atom stereocenters. The van der Waals surface area contributed by atoms with Gasteiger partial charge in [-0.1, -0.05) is 6.07 Å². The van der Waals surface area contributed by atoms with Gasteiger partial charge in [-0.05, 0) is 30.3 Å². The van der Waals surface area contributed by atoms with E-state index < -0.39 is 29.4 Å². The quantitative estimate of drug-likeness (QED) is 0.645. The van der Waals surface area contributed by atoms with Crippen molar-refractivity contribution in [3.8, 4) is 0 Å². The van der Waals surface area contributed by atoms with Crippen LogP contribution in [0.2, 0.25) is 0 Å². The van der Waals surface area contributed by atoms with E-state index in [0.29, 0.717) is 31.9 Å². The molecule has 4 rings (SSSR count). The molecule has 6 nitrogen and oxygen atoms in total. The molecule has 176 valence electrons. The van der Waals surface area contributed by atoms with Gasteiger partial charge in [0.25, 0.3) is 0 Å². The minimum absolute atomic E-state index is 0.164. The maximum absolute atomic E-state index is 13.5. The summed E-state index contributed by atoms with van der Waals surface area (Å²) in [5.74, 6) is -2.35. The van der Waals surface area contributed by atoms with Gasteiger partial charge in [-0.25, -0.2) is 13.6 Å². The van der Waals surface area contributed by atoms with Crippen molar-refractivity contribution in [2.45, 2.75) is 6.18 Å². The molecule has 2 aliphatic heterocycles. The first-order chi connectivity index (χ1) is 15.6. The third kappa shape index (κ3) is 4.86. The van der Waals surface area contributed by atoms with Crippen molar-refractivity contribution in [1.29, 1.82) is 0 Å². The Morgan fingerprint density at radius 2 is 1.58 bits per heavy atom. The van der Waals surface area contributed by atoms with Crippen LogP contribution in [0.15, 0.2) is 42.5 Å². The van der Waals surface area contributed by atoms with Crippen molar-refractivity contribution in [1.82, 2.24) is 9.80 Å². The maximum atomic E-state index is 13.5. The van der Waals surface area contributed by atoms with Gasteiger partial charge in [0.05, 0.1) is 5.56 Å². The molecule has 2 aromatic rings. The van der Waals surface area contributed by atoms with E-state index in [0.717, 1.165) is 24.3 Å². The lowest BCUT2D eigenvalue weighted by molar-refractivity contribution is -0.137. The fourth-order valence-corrected chi connectivity index (χ4v) is 3.98. The Morgan fingerprint density at radius 3 is 2.24 bits per heavy atom. The van der Waals surface area contributed by atoms with Crippen LogP contribution in [0.5, 0.6) is 0 Å². The molecule has 0 aromatic heterocycles. The Morgan fingerprint density at radius 1 is 0.848 bits per heavy atom. The van der Waals surface area contributed by atoms with Gasteiger partial charge in [0.15, 0.2) is 11.6 Å². The van der Waals surface area contributed by atoms with E-state index in [9.17, 15) is 31.5 Å². The van der Waals surface area contributed by atoms with Crippen LogP contribution in [0.3, 0.4) is 0 Å². The number of rotatable bonds is 4. The van der Waals surface area contributed by atoms with Gasteiger partial charge in [-0.2, -0.15) is 13.2 Å². The molecule has 11 heteroatoms. The summed E-state index contributed by atoms with van der Waals surface area (Å²) in [5, 5.41) is 0. The Bertz CT molecular complexity index is 1050. The summed E-state index contributed by atoms with van der Waals surface area (Å²) in [5.41, 5.74) is -0.0750. The average Bonchev–Trinajstić information content (AvgIpc) is 3.15. The number of hydrogen-bond acceptors (Lipinski definition) is 3.